The molecule has 33 heavy (non-hydrogen) atoms. The SMILES string of the molecule is CC(=O)C1CN([C@H]2CCc3c(-c4noc(-c5ccc(OC(C)C)c(C#N)c5)n4)cccc32)C1. The molecule has 0 radical (unpaired) electrons. The molecule has 1 aliphatic carbocycles. The first-order valence-corrected chi connectivity index (χ1v) is 11.4. The number of benzene rings is 2. The van der Waals surface area contributed by atoms with Crippen molar-refractivity contribution < 1.29 is 14.1 Å². The minimum absolute atomic E-state index is 0.0217. The molecular weight excluding hydrogens is 416 g/mol. The monoisotopic (exact) mass is 442 g/mol. The summed E-state index contributed by atoms with van der Waals surface area (Å²) in [6.07, 6.45) is 1.96. The van der Waals surface area contributed by atoms with E-state index in [2.05, 4.69) is 27.2 Å². The van der Waals surface area contributed by atoms with Gasteiger partial charge in [0.25, 0.3) is 5.89 Å². The van der Waals surface area contributed by atoms with Gasteiger partial charge in [-0.15, -0.1) is 0 Å². The summed E-state index contributed by atoms with van der Waals surface area (Å²) >= 11 is 0. The summed E-state index contributed by atoms with van der Waals surface area (Å²) in [4.78, 5) is 18.7. The maximum absolute atomic E-state index is 11.6. The van der Waals surface area contributed by atoms with Crippen LogP contribution in [-0.2, 0) is 11.2 Å². The summed E-state index contributed by atoms with van der Waals surface area (Å²) in [5.74, 6) is 1.92. The Morgan fingerprint density at radius 3 is 2.82 bits per heavy atom. The first-order valence-electron chi connectivity index (χ1n) is 11.4. The first-order chi connectivity index (χ1) is 15.9. The van der Waals surface area contributed by atoms with Gasteiger partial charge in [-0.3, -0.25) is 9.69 Å². The van der Waals surface area contributed by atoms with E-state index in [1.165, 1.54) is 11.1 Å². The zero-order valence-corrected chi connectivity index (χ0v) is 19.0. The number of ether oxygens (including phenoxy) is 1. The lowest BCUT2D eigenvalue weighted by Gasteiger charge is -2.42. The largest absolute Gasteiger partial charge is 0.490 e. The van der Waals surface area contributed by atoms with Crippen molar-refractivity contribution in [2.24, 2.45) is 5.92 Å². The second-order valence-corrected chi connectivity index (χ2v) is 9.10. The summed E-state index contributed by atoms with van der Waals surface area (Å²) in [5, 5.41) is 13.8. The Balaban J connectivity index is 1.41. The van der Waals surface area contributed by atoms with Crippen molar-refractivity contribution >= 4 is 5.78 Å². The fraction of sp³-hybridized carbons (Fsp3) is 0.385. The van der Waals surface area contributed by atoms with Gasteiger partial charge < -0.3 is 9.26 Å². The standard InChI is InChI=1S/C26H26N4O3/c1-15(2)32-24-10-7-17(11-18(24)12-27)26-28-25(29-33-26)22-6-4-5-21-20(22)8-9-23(21)30-13-19(14-30)16(3)31/h4-7,10-11,15,19,23H,8-9,13-14H2,1-3H3/t23-/m0/s1. The number of nitrogens with zero attached hydrogens (tertiary/aromatic N) is 4. The van der Waals surface area contributed by atoms with Crippen molar-refractivity contribution in [2.45, 2.75) is 45.8 Å². The molecule has 0 spiro atoms. The van der Waals surface area contributed by atoms with Crippen molar-refractivity contribution in [1.29, 1.82) is 5.26 Å². The molecule has 7 heteroatoms. The van der Waals surface area contributed by atoms with Crippen LogP contribution in [0.3, 0.4) is 0 Å². The van der Waals surface area contributed by atoms with Crippen LogP contribution >= 0.6 is 0 Å². The summed E-state index contributed by atoms with van der Waals surface area (Å²) in [6.45, 7) is 7.21. The molecule has 0 saturated carbocycles. The summed E-state index contributed by atoms with van der Waals surface area (Å²) in [6, 6.07) is 14.1. The Kier molecular flexibility index (Phi) is 5.47. The van der Waals surface area contributed by atoms with Crippen LogP contribution in [0, 0.1) is 17.2 Å². The maximum atomic E-state index is 11.6. The molecule has 1 fully saturated rings. The van der Waals surface area contributed by atoms with E-state index >= 15 is 0 Å². The first kappa shape index (κ1) is 21.4. The van der Waals surface area contributed by atoms with E-state index in [-0.39, 0.29) is 17.8 Å². The molecule has 5 rings (SSSR count). The molecule has 1 atom stereocenters. The molecule has 2 aliphatic rings. The van der Waals surface area contributed by atoms with Crippen molar-refractivity contribution in [3.8, 4) is 34.7 Å². The predicted molar refractivity (Wildman–Crippen MR) is 122 cm³/mol. The van der Waals surface area contributed by atoms with Crippen LogP contribution in [0.1, 0.15) is 49.9 Å². The van der Waals surface area contributed by atoms with E-state index in [1.54, 1.807) is 19.1 Å². The second kappa shape index (κ2) is 8.45. The number of rotatable bonds is 6. The van der Waals surface area contributed by atoms with Crippen molar-refractivity contribution in [3.05, 3.63) is 53.1 Å². The van der Waals surface area contributed by atoms with Gasteiger partial charge in [0.15, 0.2) is 0 Å². The van der Waals surface area contributed by atoms with Crippen LogP contribution in [0.4, 0.5) is 0 Å². The van der Waals surface area contributed by atoms with E-state index < -0.39 is 0 Å². The number of hydrogen-bond donors (Lipinski definition) is 0. The van der Waals surface area contributed by atoms with Gasteiger partial charge in [0, 0.05) is 36.2 Å². The number of fused-ring (bicyclic) bond motifs is 1. The molecule has 0 unspecified atom stereocenters. The highest BCUT2D eigenvalue weighted by Gasteiger charge is 2.38. The number of nitriles is 1. The van der Waals surface area contributed by atoms with Gasteiger partial charge in [0.1, 0.15) is 17.6 Å². The Bertz CT molecular complexity index is 1250. The molecule has 2 heterocycles. The normalized spacial score (nSPS) is 18.1. The average Bonchev–Trinajstić information content (AvgIpc) is 3.40. The average molecular weight is 443 g/mol. The third-order valence-corrected chi connectivity index (χ3v) is 6.54. The highest BCUT2D eigenvalue weighted by molar-refractivity contribution is 5.79. The molecule has 3 aromatic rings. The van der Waals surface area contributed by atoms with E-state index in [1.807, 2.05) is 32.0 Å². The lowest BCUT2D eigenvalue weighted by Crippen LogP contribution is -2.50. The highest BCUT2D eigenvalue weighted by atomic mass is 16.5. The third-order valence-electron chi connectivity index (χ3n) is 6.54. The van der Waals surface area contributed by atoms with E-state index in [0.29, 0.717) is 34.6 Å². The Labute approximate surface area is 193 Å². The second-order valence-electron chi connectivity index (χ2n) is 9.10. The Morgan fingerprint density at radius 1 is 1.27 bits per heavy atom. The van der Waals surface area contributed by atoms with E-state index in [0.717, 1.165) is 31.5 Å². The molecule has 168 valence electrons. The summed E-state index contributed by atoms with van der Waals surface area (Å²) in [5.41, 5.74) is 4.64. The van der Waals surface area contributed by atoms with Crippen LogP contribution in [0.2, 0.25) is 0 Å². The molecular formula is C26H26N4O3. The molecule has 0 bridgehead atoms. The zero-order valence-electron chi connectivity index (χ0n) is 19.0. The lowest BCUT2D eigenvalue weighted by molar-refractivity contribution is -0.126. The molecule has 1 aromatic heterocycles. The van der Waals surface area contributed by atoms with E-state index in [9.17, 15) is 10.1 Å². The smallest absolute Gasteiger partial charge is 0.258 e. The molecule has 0 N–H and O–H groups in total. The molecule has 0 amide bonds. The molecule has 2 aromatic carbocycles. The molecule has 7 nitrogen and oxygen atoms in total. The molecule has 1 aliphatic heterocycles. The van der Waals surface area contributed by atoms with Gasteiger partial charge >= 0.3 is 0 Å². The number of ketones is 1. The topological polar surface area (TPSA) is 92.3 Å². The maximum Gasteiger partial charge on any atom is 0.258 e. The van der Waals surface area contributed by atoms with Crippen LogP contribution in [0.25, 0.3) is 22.8 Å². The Hall–Kier alpha value is -3.50. The predicted octanol–water partition coefficient (Wildman–Crippen LogP) is 4.57. The van der Waals surface area contributed by atoms with Gasteiger partial charge in [-0.25, -0.2) is 0 Å². The van der Waals surface area contributed by atoms with Gasteiger partial charge in [0.2, 0.25) is 5.82 Å². The van der Waals surface area contributed by atoms with Crippen molar-refractivity contribution in [3.63, 3.8) is 0 Å². The van der Waals surface area contributed by atoms with Crippen LogP contribution in [-0.4, -0.2) is 40.0 Å². The van der Waals surface area contributed by atoms with Crippen LogP contribution < -0.4 is 4.74 Å². The van der Waals surface area contributed by atoms with Gasteiger partial charge in [0.05, 0.1) is 11.7 Å². The highest BCUT2D eigenvalue weighted by Crippen LogP contribution is 2.43. The van der Waals surface area contributed by atoms with Gasteiger partial charge in [-0.1, -0.05) is 23.4 Å². The molecule has 1 saturated heterocycles. The number of carbonyl (C=O) groups is 1. The number of aromatic nitrogens is 2. The van der Waals surface area contributed by atoms with Crippen molar-refractivity contribution in [2.75, 3.05) is 13.1 Å². The van der Waals surface area contributed by atoms with E-state index in [4.69, 9.17) is 9.26 Å². The zero-order chi connectivity index (χ0) is 23.1. The quantitative estimate of drug-likeness (QED) is 0.552. The fourth-order valence-electron chi connectivity index (χ4n) is 4.80. The third kappa shape index (κ3) is 3.91. The minimum Gasteiger partial charge on any atom is -0.490 e. The Morgan fingerprint density at radius 2 is 2.09 bits per heavy atom. The summed E-state index contributed by atoms with van der Waals surface area (Å²) in [7, 11) is 0. The van der Waals surface area contributed by atoms with Crippen LogP contribution in [0.5, 0.6) is 5.75 Å². The number of Topliss-reactive ketones (excluding diaryl/α,β-unsaturated/α-hetero) is 1. The van der Waals surface area contributed by atoms with Gasteiger partial charge in [-0.05, 0) is 62.9 Å². The number of likely N-dealkylation sites (tertiary alicyclic amines) is 1. The number of carbonyl (C=O) groups excluding carboxylic acids is 1. The number of hydrogen-bond acceptors (Lipinski definition) is 7. The summed E-state index contributed by atoms with van der Waals surface area (Å²) < 4.78 is 11.3. The fourth-order valence-corrected chi connectivity index (χ4v) is 4.80. The van der Waals surface area contributed by atoms with Crippen LogP contribution in [0.15, 0.2) is 40.9 Å². The minimum atomic E-state index is -0.0217. The van der Waals surface area contributed by atoms with Crippen molar-refractivity contribution in [1.82, 2.24) is 15.0 Å². The lowest BCUT2D eigenvalue weighted by atomic mass is 9.92. The van der Waals surface area contributed by atoms with Gasteiger partial charge in [-0.2, -0.15) is 10.2 Å².